The molecule has 1 saturated heterocycles. The lowest BCUT2D eigenvalue weighted by atomic mass is 9.96. The number of methoxy groups -OCH3 is 1. The molecule has 1 N–H and O–H groups in total. The zero-order valence-corrected chi connectivity index (χ0v) is 13.4. The highest BCUT2D eigenvalue weighted by Gasteiger charge is 2.49. The lowest BCUT2D eigenvalue weighted by Crippen LogP contribution is -2.53. The molecule has 2 aliphatic carbocycles. The van der Waals surface area contributed by atoms with Gasteiger partial charge in [0.25, 0.3) is 0 Å². The molecule has 0 aromatic rings. The number of rotatable bonds is 4. The normalized spacial score (nSPS) is 35.6. The van der Waals surface area contributed by atoms with Gasteiger partial charge in [0.1, 0.15) is 5.54 Å². The van der Waals surface area contributed by atoms with Crippen LogP contribution in [0.1, 0.15) is 38.5 Å². The van der Waals surface area contributed by atoms with Gasteiger partial charge >= 0.3 is 5.97 Å². The summed E-state index contributed by atoms with van der Waals surface area (Å²) in [6.45, 7) is 4.61. The summed E-state index contributed by atoms with van der Waals surface area (Å²) in [5.74, 6) is -0.0520. The summed E-state index contributed by atoms with van der Waals surface area (Å²) in [5.41, 5.74) is -0.418. The van der Waals surface area contributed by atoms with Gasteiger partial charge in [0.15, 0.2) is 0 Å². The molecule has 2 saturated carbocycles. The van der Waals surface area contributed by atoms with E-state index in [0.29, 0.717) is 12.1 Å². The number of hydrogen-bond donors (Lipinski definition) is 1. The van der Waals surface area contributed by atoms with Crippen LogP contribution in [0.4, 0.5) is 0 Å². The molecule has 21 heavy (non-hydrogen) atoms. The molecule has 0 aromatic carbocycles. The van der Waals surface area contributed by atoms with Crippen molar-refractivity contribution in [2.75, 3.05) is 40.3 Å². The fourth-order valence-electron chi connectivity index (χ4n) is 3.95. The molecule has 0 radical (unpaired) electrons. The third kappa shape index (κ3) is 3.41. The third-order valence-corrected chi connectivity index (χ3v) is 5.39. The summed E-state index contributed by atoms with van der Waals surface area (Å²) >= 11 is 0. The van der Waals surface area contributed by atoms with Crippen LogP contribution in [-0.2, 0) is 9.53 Å². The van der Waals surface area contributed by atoms with Crippen LogP contribution in [0.3, 0.4) is 0 Å². The number of carbonyl (C=O) groups is 1. The van der Waals surface area contributed by atoms with Gasteiger partial charge in [-0.05, 0) is 58.7 Å². The van der Waals surface area contributed by atoms with Crippen LogP contribution in [-0.4, -0.2) is 73.7 Å². The summed E-state index contributed by atoms with van der Waals surface area (Å²) in [4.78, 5) is 17.3. The number of hydrogen-bond acceptors (Lipinski definition) is 5. The summed E-state index contributed by atoms with van der Waals surface area (Å²) < 4.78 is 5.12. The molecule has 5 heteroatoms. The zero-order chi connectivity index (χ0) is 14.9. The standard InChI is InChI=1S/C16H29N3O2/c1-18-8-3-9-19(11-10-18)14-6-7-16(12-14,15(20)21-2)17-13-4-5-13/h13-14,17H,3-12H2,1-2H3. The van der Waals surface area contributed by atoms with Crippen molar-refractivity contribution in [2.24, 2.45) is 0 Å². The second-order valence-electron chi connectivity index (χ2n) is 7.08. The van der Waals surface area contributed by atoms with Gasteiger partial charge in [-0.1, -0.05) is 0 Å². The first-order chi connectivity index (χ1) is 10.1. The van der Waals surface area contributed by atoms with E-state index in [0.717, 1.165) is 38.9 Å². The minimum atomic E-state index is -0.418. The molecule has 2 unspecified atom stereocenters. The Labute approximate surface area is 128 Å². The van der Waals surface area contributed by atoms with E-state index in [1.807, 2.05) is 0 Å². The SMILES string of the molecule is COC(=O)C1(NC2CC2)CCC(N2CCCN(C)CC2)C1. The van der Waals surface area contributed by atoms with Crippen LogP contribution in [0.25, 0.3) is 0 Å². The van der Waals surface area contributed by atoms with Crippen LogP contribution < -0.4 is 5.32 Å². The molecule has 3 rings (SSSR count). The Morgan fingerprint density at radius 2 is 2.00 bits per heavy atom. The Balaban J connectivity index is 1.65. The van der Waals surface area contributed by atoms with Gasteiger partial charge in [0.05, 0.1) is 7.11 Å². The summed E-state index contributed by atoms with van der Waals surface area (Å²) in [7, 11) is 3.72. The van der Waals surface area contributed by atoms with E-state index in [4.69, 9.17) is 4.74 Å². The largest absolute Gasteiger partial charge is 0.468 e. The van der Waals surface area contributed by atoms with Crippen LogP contribution in [0, 0.1) is 0 Å². The van der Waals surface area contributed by atoms with Crippen molar-refractivity contribution in [1.82, 2.24) is 15.1 Å². The van der Waals surface area contributed by atoms with Crippen molar-refractivity contribution in [2.45, 2.75) is 56.1 Å². The number of nitrogens with one attached hydrogen (secondary N) is 1. The van der Waals surface area contributed by atoms with Crippen LogP contribution in [0.2, 0.25) is 0 Å². The van der Waals surface area contributed by atoms with Crippen LogP contribution in [0.15, 0.2) is 0 Å². The highest BCUT2D eigenvalue weighted by Crippen LogP contribution is 2.37. The predicted octanol–water partition coefficient (Wildman–Crippen LogP) is 0.840. The predicted molar refractivity (Wildman–Crippen MR) is 82.2 cm³/mol. The minimum Gasteiger partial charge on any atom is -0.468 e. The van der Waals surface area contributed by atoms with Crippen LogP contribution >= 0.6 is 0 Å². The van der Waals surface area contributed by atoms with Crippen molar-refractivity contribution < 1.29 is 9.53 Å². The van der Waals surface area contributed by atoms with E-state index in [1.54, 1.807) is 0 Å². The Bertz CT molecular complexity index is 386. The molecule has 1 heterocycles. The van der Waals surface area contributed by atoms with E-state index in [2.05, 4.69) is 22.2 Å². The van der Waals surface area contributed by atoms with Crippen molar-refractivity contribution >= 4 is 5.97 Å². The number of nitrogens with zero attached hydrogens (tertiary/aromatic N) is 2. The first-order valence-electron chi connectivity index (χ1n) is 8.42. The number of carbonyl (C=O) groups excluding carboxylic acids is 1. The van der Waals surface area contributed by atoms with Crippen LogP contribution in [0.5, 0.6) is 0 Å². The quantitative estimate of drug-likeness (QED) is 0.779. The minimum absolute atomic E-state index is 0.0520. The van der Waals surface area contributed by atoms with E-state index in [-0.39, 0.29) is 5.97 Å². The maximum Gasteiger partial charge on any atom is 0.326 e. The monoisotopic (exact) mass is 295 g/mol. The van der Waals surface area contributed by atoms with E-state index < -0.39 is 5.54 Å². The van der Waals surface area contributed by atoms with E-state index in [1.165, 1.54) is 32.9 Å². The van der Waals surface area contributed by atoms with E-state index in [9.17, 15) is 4.79 Å². The first kappa shape index (κ1) is 15.3. The molecular formula is C16H29N3O2. The smallest absolute Gasteiger partial charge is 0.326 e. The van der Waals surface area contributed by atoms with Crippen molar-refractivity contribution in [3.63, 3.8) is 0 Å². The molecule has 3 fully saturated rings. The summed E-state index contributed by atoms with van der Waals surface area (Å²) in [6, 6.07) is 1.07. The molecule has 2 atom stereocenters. The third-order valence-electron chi connectivity index (χ3n) is 5.39. The van der Waals surface area contributed by atoms with Gasteiger partial charge in [-0.25, -0.2) is 0 Å². The molecular weight excluding hydrogens is 266 g/mol. The lowest BCUT2D eigenvalue weighted by Gasteiger charge is -2.31. The fraction of sp³-hybridized carbons (Fsp3) is 0.938. The molecule has 1 aliphatic heterocycles. The number of ether oxygens (including phenoxy) is 1. The van der Waals surface area contributed by atoms with Crippen molar-refractivity contribution in [1.29, 1.82) is 0 Å². The number of likely N-dealkylation sites (N-methyl/N-ethyl adjacent to an activating group) is 1. The maximum atomic E-state index is 12.3. The second-order valence-corrected chi connectivity index (χ2v) is 7.08. The van der Waals surface area contributed by atoms with Gasteiger partial charge in [-0.3, -0.25) is 15.0 Å². The molecule has 0 spiro atoms. The van der Waals surface area contributed by atoms with E-state index >= 15 is 0 Å². The second kappa shape index (κ2) is 6.23. The van der Waals surface area contributed by atoms with Gasteiger partial charge in [0, 0.05) is 25.2 Å². The lowest BCUT2D eigenvalue weighted by molar-refractivity contribution is -0.148. The summed E-state index contributed by atoms with van der Waals surface area (Å²) in [6.07, 6.45) is 6.59. The zero-order valence-electron chi connectivity index (χ0n) is 13.4. The summed E-state index contributed by atoms with van der Waals surface area (Å²) in [5, 5.41) is 3.60. The molecule has 0 bridgehead atoms. The van der Waals surface area contributed by atoms with Gasteiger partial charge in [0.2, 0.25) is 0 Å². The Kier molecular flexibility index (Phi) is 4.52. The molecule has 5 nitrogen and oxygen atoms in total. The van der Waals surface area contributed by atoms with Gasteiger partial charge in [-0.2, -0.15) is 0 Å². The average molecular weight is 295 g/mol. The first-order valence-corrected chi connectivity index (χ1v) is 8.42. The highest BCUT2D eigenvalue weighted by atomic mass is 16.5. The molecule has 120 valence electrons. The van der Waals surface area contributed by atoms with Gasteiger partial charge < -0.3 is 9.64 Å². The highest BCUT2D eigenvalue weighted by molar-refractivity contribution is 5.81. The van der Waals surface area contributed by atoms with Gasteiger partial charge in [-0.15, -0.1) is 0 Å². The molecule has 0 amide bonds. The number of esters is 1. The maximum absolute atomic E-state index is 12.3. The Morgan fingerprint density at radius 3 is 2.71 bits per heavy atom. The Hall–Kier alpha value is -0.650. The average Bonchev–Trinajstić information content (AvgIpc) is 3.23. The molecule has 0 aromatic heterocycles. The topological polar surface area (TPSA) is 44.8 Å². The Morgan fingerprint density at radius 1 is 1.19 bits per heavy atom. The van der Waals surface area contributed by atoms with Crippen molar-refractivity contribution in [3.05, 3.63) is 0 Å². The fourth-order valence-corrected chi connectivity index (χ4v) is 3.95. The molecule has 3 aliphatic rings. The van der Waals surface area contributed by atoms with Crippen molar-refractivity contribution in [3.8, 4) is 0 Å².